The van der Waals surface area contributed by atoms with E-state index in [9.17, 15) is 4.79 Å². The van der Waals surface area contributed by atoms with Gasteiger partial charge in [0.15, 0.2) is 10.7 Å². The summed E-state index contributed by atoms with van der Waals surface area (Å²) in [4.78, 5) is 20.2. The van der Waals surface area contributed by atoms with E-state index in [2.05, 4.69) is 20.6 Å². The quantitative estimate of drug-likeness (QED) is 0.695. The van der Waals surface area contributed by atoms with Crippen LogP contribution in [0, 0.1) is 5.92 Å². The Balaban J connectivity index is 1.73. The average Bonchev–Trinajstić information content (AvgIpc) is 2.98. The summed E-state index contributed by atoms with van der Waals surface area (Å²) in [5.74, 6) is 0.707. The smallest absolute Gasteiger partial charge is 0.227 e. The molecule has 0 bridgehead atoms. The molecule has 6 nitrogen and oxygen atoms in total. The van der Waals surface area contributed by atoms with Crippen LogP contribution in [-0.2, 0) is 4.79 Å². The number of nitrogens with one attached hydrogen (secondary N) is 2. The maximum absolute atomic E-state index is 11.8. The summed E-state index contributed by atoms with van der Waals surface area (Å²) >= 11 is 5.18. The van der Waals surface area contributed by atoms with Gasteiger partial charge in [0.2, 0.25) is 11.8 Å². The minimum absolute atomic E-state index is 0.102. The van der Waals surface area contributed by atoms with Crippen LogP contribution in [0.3, 0.4) is 0 Å². The molecular formula is C18H18N4O2S. The molecule has 0 radical (unpaired) electrons. The third kappa shape index (κ3) is 4.39. The van der Waals surface area contributed by atoms with Crippen molar-refractivity contribution in [3.63, 3.8) is 0 Å². The van der Waals surface area contributed by atoms with Gasteiger partial charge >= 0.3 is 0 Å². The largest absolute Gasteiger partial charge is 0.436 e. The molecule has 0 aliphatic carbocycles. The van der Waals surface area contributed by atoms with E-state index in [1.54, 1.807) is 12.4 Å². The van der Waals surface area contributed by atoms with Crippen molar-refractivity contribution in [2.45, 2.75) is 20.3 Å². The predicted octanol–water partition coefficient (Wildman–Crippen LogP) is 3.75. The van der Waals surface area contributed by atoms with E-state index in [1.807, 2.05) is 44.2 Å². The van der Waals surface area contributed by atoms with Crippen LogP contribution in [0.4, 0.5) is 5.69 Å². The highest BCUT2D eigenvalue weighted by Gasteiger charge is 2.10. The highest BCUT2D eigenvalue weighted by atomic mass is 32.1. The fraction of sp³-hybridized carbons (Fsp3) is 0.222. The van der Waals surface area contributed by atoms with Crippen molar-refractivity contribution in [2.75, 3.05) is 5.32 Å². The molecule has 0 spiro atoms. The predicted molar refractivity (Wildman–Crippen MR) is 101 cm³/mol. The van der Waals surface area contributed by atoms with Gasteiger partial charge in [-0.1, -0.05) is 13.8 Å². The number of aromatic nitrogens is 2. The molecule has 3 aromatic rings. The zero-order valence-electron chi connectivity index (χ0n) is 13.9. The third-order valence-electron chi connectivity index (χ3n) is 3.42. The molecule has 0 fully saturated rings. The van der Waals surface area contributed by atoms with Crippen molar-refractivity contribution in [1.29, 1.82) is 0 Å². The molecule has 2 N–H and O–H groups in total. The number of nitrogens with zero attached hydrogens (tertiary/aromatic N) is 2. The molecule has 25 heavy (non-hydrogen) atoms. The Morgan fingerprint density at radius 1 is 1.24 bits per heavy atom. The highest BCUT2D eigenvalue weighted by molar-refractivity contribution is 7.80. The number of hydrogen-bond acceptors (Lipinski definition) is 5. The van der Waals surface area contributed by atoms with Gasteiger partial charge in [-0.2, -0.15) is 0 Å². The Morgan fingerprint density at radius 2 is 2.00 bits per heavy atom. The van der Waals surface area contributed by atoms with Gasteiger partial charge in [-0.25, -0.2) is 4.98 Å². The number of rotatable bonds is 4. The van der Waals surface area contributed by atoms with Gasteiger partial charge in [-0.3, -0.25) is 9.78 Å². The number of anilines is 1. The zero-order chi connectivity index (χ0) is 17.8. The van der Waals surface area contributed by atoms with E-state index < -0.39 is 0 Å². The van der Waals surface area contributed by atoms with Crippen LogP contribution < -0.4 is 10.6 Å². The summed E-state index contributed by atoms with van der Waals surface area (Å²) in [6.07, 6.45) is 3.81. The second-order valence-electron chi connectivity index (χ2n) is 6.04. The first-order valence-corrected chi connectivity index (χ1v) is 8.34. The Bertz CT molecular complexity index is 906. The van der Waals surface area contributed by atoms with Crippen LogP contribution in [0.2, 0.25) is 0 Å². The summed E-state index contributed by atoms with van der Waals surface area (Å²) < 4.78 is 5.75. The molecule has 2 aromatic heterocycles. The molecule has 1 aromatic carbocycles. The second-order valence-corrected chi connectivity index (χ2v) is 6.45. The van der Waals surface area contributed by atoms with E-state index in [0.717, 1.165) is 11.3 Å². The van der Waals surface area contributed by atoms with Crippen molar-refractivity contribution in [1.82, 2.24) is 15.3 Å². The molecule has 2 heterocycles. The van der Waals surface area contributed by atoms with E-state index in [-0.39, 0.29) is 16.9 Å². The number of carbonyl (C=O) groups is 1. The molecule has 128 valence electrons. The van der Waals surface area contributed by atoms with Crippen LogP contribution in [-0.4, -0.2) is 21.0 Å². The number of oxazole rings is 1. The van der Waals surface area contributed by atoms with Crippen molar-refractivity contribution >= 4 is 40.0 Å². The summed E-state index contributed by atoms with van der Waals surface area (Å²) in [6.45, 7) is 3.96. The maximum atomic E-state index is 11.8. The normalized spacial score (nSPS) is 10.8. The van der Waals surface area contributed by atoms with E-state index in [1.165, 1.54) is 0 Å². The number of carbonyl (C=O) groups excluding carboxylic acids is 1. The third-order valence-corrected chi connectivity index (χ3v) is 3.62. The number of pyridine rings is 1. The van der Waals surface area contributed by atoms with Gasteiger partial charge < -0.3 is 15.1 Å². The number of hydrogen-bond donors (Lipinski definition) is 2. The lowest BCUT2D eigenvalue weighted by molar-refractivity contribution is -0.120. The zero-order valence-corrected chi connectivity index (χ0v) is 14.8. The van der Waals surface area contributed by atoms with E-state index in [0.29, 0.717) is 23.4 Å². The monoisotopic (exact) mass is 354 g/mol. The summed E-state index contributed by atoms with van der Waals surface area (Å²) in [7, 11) is 0. The molecule has 7 heteroatoms. The van der Waals surface area contributed by atoms with Gasteiger partial charge in [0.1, 0.15) is 5.52 Å². The molecule has 0 aliphatic heterocycles. The summed E-state index contributed by atoms with van der Waals surface area (Å²) in [5.41, 5.74) is 2.97. The van der Waals surface area contributed by atoms with Gasteiger partial charge in [-0.15, -0.1) is 0 Å². The van der Waals surface area contributed by atoms with E-state index in [4.69, 9.17) is 16.6 Å². The minimum atomic E-state index is -0.102. The lowest BCUT2D eigenvalue weighted by atomic mass is 10.1. The first-order valence-electron chi connectivity index (χ1n) is 7.93. The Morgan fingerprint density at radius 3 is 2.72 bits per heavy atom. The summed E-state index contributed by atoms with van der Waals surface area (Å²) in [5, 5.41) is 5.93. The first-order chi connectivity index (χ1) is 12.0. The van der Waals surface area contributed by atoms with Crippen LogP contribution in [0.15, 0.2) is 47.1 Å². The molecule has 0 unspecified atom stereocenters. The number of fused-ring (bicyclic) bond motifs is 1. The average molecular weight is 354 g/mol. The van der Waals surface area contributed by atoms with Gasteiger partial charge in [0, 0.05) is 30.1 Å². The number of amides is 1. The van der Waals surface area contributed by atoms with Crippen molar-refractivity contribution < 1.29 is 9.21 Å². The summed E-state index contributed by atoms with van der Waals surface area (Å²) in [6, 6.07) is 9.13. The maximum Gasteiger partial charge on any atom is 0.227 e. The van der Waals surface area contributed by atoms with Gasteiger partial charge in [0.25, 0.3) is 0 Å². The SMILES string of the molecule is CC(C)CC(=O)NC(=S)Nc1ccc2oc(-c3ccncc3)nc2c1. The van der Waals surface area contributed by atoms with E-state index >= 15 is 0 Å². The molecule has 0 aliphatic rings. The van der Waals surface area contributed by atoms with Gasteiger partial charge in [-0.05, 0) is 48.5 Å². The standard InChI is InChI=1S/C18H18N4O2S/c1-11(2)9-16(23)22-18(25)20-13-3-4-15-14(10-13)21-17(24-15)12-5-7-19-8-6-12/h3-8,10-11H,9H2,1-2H3,(H2,20,22,23,25). The number of thiocarbonyl (C=S) groups is 1. The molecular weight excluding hydrogens is 336 g/mol. The number of benzene rings is 1. The van der Waals surface area contributed by atoms with Crippen molar-refractivity contribution in [3.05, 3.63) is 42.7 Å². The molecule has 0 saturated heterocycles. The lowest BCUT2D eigenvalue weighted by Gasteiger charge is -2.10. The van der Waals surface area contributed by atoms with Gasteiger partial charge in [0.05, 0.1) is 0 Å². The lowest BCUT2D eigenvalue weighted by Crippen LogP contribution is -2.34. The molecule has 0 atom stereocenters. The Labute approximate surface area is 150 Å². The van der Waals surface area contributed by atoms with Crippen LogP contribution in [0.5, 0.6) is 0 Å². The van der Waals surface area contributed by atoms with Crippen LogP contribution >= 0.6 is 12.2 Å². The topological polar surface area (TPSA) is 80.0 Å². The van der Waals surface area contributed by atoms with Crippen molar-refractivity contribution in [2.24, 2.45) is 5.92 Å². The molecule has 0 saturated carbocycles. The van der Waals surface area contributed by atoms with Crippen molar-refractivity contribution in [3.8, 4) is 11.5 Å². The molecule has 1 amide bonds. The molecule has 3 rings (SSSR count). The Kier molecular flexibility index (Phi) is 5.04. The second kappa shape index (κ2) is 7.40. The minimum Gasteiger partial charge on any atom is -0.436 e. The van der Waals surface area contributed by atoms with Crippen LogP contribution in [0.1, 0.15) is 20.3 Å². The first kappa shape index (κ1) is 17.0. The van der Waals surface area contributed by atoms with Crippen LogP contribution in [0.25, 0.3) is 22.6 Å². The highest BCUT2D eigenvalue weighted by Crippen LogP contribution is 2.25. The fourth-order valence-corrected chi connectivity index (χ4v) is 2.57. The fourth-order valence-electron chi connectivity index (χ4n) is 2.33. The Hall–Kier alpha value is -2.80.